The Balaban J connectivity index is 1.99. The van der Waals surface area contributed by atoms with Crippen molar-refractivity contribution in [3.05, 3.63) is 42.5 Å². The Labute approximate surface area is 176 Å². The zero-order valence-electron chi connectivity index (χ0n) is 17.2. The van der Waals surface area contributed by atoms with E-state index in [0.717, 1.165) is 5.75 Å². The molecule has 0 aliphatic carbocycles. The second-order valence-electron chi connectivity index (χ2n) is 6.76. The van der Waals surface area contributed by atoms with Gasteiger partial charge in [0.25, 0.3) is 0 Å². The van der Waals surface area contributed by atoms with Crippen molar-refractivity contribution >= 4 is 23.7 Å². The summed E-state index contributed by atoms with van der Waals surface area (Å²) in [6, 6.07) is 10.2. The summed E-state index contributed by atoms with van der Waals surface area (Å²) >= 11 is 1.74. The van der Waals surface area contributed by atoms with Crippen LogP contribution in [0.25, 0.3) is 0 Å². The van der Waals surface area contributed by atoms with Gasteiger partial charge >= 0.3 is 11.9 Å². The average Bonchev–Trinajstić information content (AvgIpc) is 2.68. The fourth-order valence-corrected chi connectivity index (χ4v) is 3.98. The van der Waals surface area contributed by atoms with Crippen molar-refractivity contribution < 1.29 is 28.5 Å². The Morgan fingerprint density at radius 2 is 1.93 bits per heavy atom. The number of benzene rings is 1. The first-order valence-corrected chi connectivity index (χ1v) is 10.9. The topological polar surface area (TPSA) is 71.1 Å². The lowest BCUT2D eigenvalue weighted by molar-refractivity contribution is -0.247. The van der Waals surface area contributed by atoms with Gasteiger partial charge in [-0.15, -0.1) is 11.8 Å². The van der Waals surface area contributed by atoms with Crippen molar-refractivity contribution in [1.29, 1.82) is 0 Å². The predicted octanol–water partition coefficient (Wildman–Crippen LogP) is 3.99. The van der Waals surface area contributed by atoms with E-state index in [1.165, 1.54) is 18.7 Å². The standard InChI is InChI=1S/C22H30O6S/c1-4-25-21-14-18(15-26-16(2)23)22(27-17(3)24)20(28-21)12-8-9-13-29-19-10-6-5-7-11-19/h5-11,18,20-22H,4,12-15H2,1-3H3/b9-8+/t18-,20-,21+,22+/m1/s1. The normalized spacial score (nSPS) is 24.4. The average molecular weight is 423 g/mol. The van der Waals surface area contributed by atoms with Gasteiger partial charge in [-0.25, -0.2) is 0 Å². The van der Waals surface area contributed by atoms with Crippen LogP contribution in [0.2, 0.25) is 0 Å². The molecule has 4 atom stereocenters. The van der Waals surface area contributed by atoms with E-state index in [1.54, 1.807) is 11.8 Å². The first-order valence-electron chi connectivity index (χ1n) is 9.90. The molecule has 1 aromatic carbocycles. The zero-order valence-corrected chi connectivity index (χ0v) is 18.1. The number of carbonyl (C=O) groups excluding carboxylic acids is 2. The van der Waals surface area contributed by atoms with Gasteiger partial charge in [0.1, 0.15) is 12.2 Å². The van der Waals surface area contributed by atoms with Crippen LogP contribution in [0.15, 0.2) is 47.4 Å². The molecule has 1 aliphatic rings. The number of carbonyl (C=O) groups is 2. The summed E-state index contributed by atoms with van der Waals surface area (Å²) in [7, 11) is 0. The van der Waals surface area contributed by atoms with Crippen LogP contribution in [0.4, 0.5) is 0 Å². The van der Waals surface area contributed by atoms with Gasteiger partial charge in [0.15, 0.2) is 6.29 Å². The Morgan fingerprint density at radius 3 is 2.59 bits per heavy atom. The van der Waals surface area contributed by atoms with E-state index in [4.69, 9.17) is 18.9 Å². The quantitative estimate of drug-likeness (QED) is 0.321. The van der Waals surface area contributed by atoms with E-state index in [1.807, 2.05) is 31.2 Å². The molecule has 0 aromatic heterocycles. The molecule has 7 heteroatoms. The molecule has 160 valence electrons. The van der Waals surface area contributed by atoms with Gasteiger partial charge in [-0.2, -0.15) is 0 Å². The monoisotopic (exact) mass is 422 g/mol. The van der Waals surface area contributed by atoms with Crippen molar-refractivity contribution in [3.63, 3.8) is 0 Å². The molecule has 6 nitrogen and oxygen atoms in total. The predicted molar refractivity (Wildman–Crippen MR) is 112 cm³/mol. The maximum absolute atomic E-state index is 11.6. The Kier molecular flexibility index (Phi) is 10.2. The number of thioether (sulfide) groups is 1. The molecular weight excluding hydrogens is 392 g/mol. The third-order valence-corrected chi connectivity index (χ3v) is 5.40. The highest BCUT2D eigenvalue weighted by molar-refractivity contribution is 7.99. The van der Waals surface area contributed by atoms with Crippen LogP contribution in [0.5, 0.6) is 0 Å². The maximum atomic E-state index is 11.6. The molecule has 1 aromatic rings. The number of hydrogen-bond acceptors (Lipinski definition) is 7. The number of hydrogen-bond donors (Lipinski definition) is 0. The molecule has 29 heavy (non-hydrogen) atoms. The molecule has 1 aliphatic heterocycles. The summed E-state index contributed by atoms with van der Waals surface area (Å²) in [5.41, 5.74) is 0. The molecule has 0 radical (unpaired) electrons. The van der Waals surface area contributed by atoms with E-state index in [2.05, 4.69) is 18.2 Å². The Hall–Kier alpha value is -1.83. The van der Waals surface area contributed by atoms with Crippen LogP contribution in [0.1, 0.15) is 33.6 Å². The van der Waals surface area contributed by atoms with E-state index in [0.29, 0.717) is 19.4 Å². The summed E-state index contributed by atoms with van der Waals surface area (Å²) in [6.45, 7) is 5.33. The van der Waals surface area contributed by atoms with E-state index in [9.17, 15) is 9.59 Å². The molecule has 0 spiro atoms. The third kappa shape index (κ3) is 8.60. The lowest BCUT2D eigenvalue weighted by Gasteiger charge is -2.40. The largest absolute Gasteiger partial charge is 0.465 e. The van der Waals surface area contributed by atoms with Crippen molar-refractivity contribution in [3.8, 4) is 0 Å². The van der Waals surface area contributed by atoms with Crippen LogP contribution < -0.4 is 0 Å². The molecule has 0 amide bonds. The van der Waals surface area contributed by atoms with E-state index >= 15 is 0 Å². The minimum atomic E-state index is -0.491. The lowest BCUT2D eigenvalue weighted by atomic mass is 9.90. The number of ether oxygens (including phenoxy) is 4. The van der Waals surface area contributed by atoms with Crippen LogP contribution in [0.3, 0.4) is 0 Å². The minimum Gasteiger partial charge on any atom is -0.465 e. The molecule has 1 saturated heterocycles. The van der Waals surface area contributed by atoms with Crippen molar-refractivity contribution in [2.45, 2.75) is 57.0 Å². The third-order valence-electron chi connectivity index (χ3n) is 4.43. The highest BCUT2D eigenvalue weighted by Crippen LogP contribution is 2.31. The van der Waals surface area contributed by atoms with Crippen LogP contribution in [0, 0.1) is 5.92 Å². The lowest BCUT2D eigenvalue weighted by Crippen LogP contribution is -2.49. The highest BCUT2D eigenvalue weighted by atomic mass is 32.2. The summed E-state index contributed by atoms with van der Waals surface area (Å²) in [5.74, 6) is -0.0821. The second-order valence-corrected chi connectivity index (χ2v) is 7.86. The molecule has 0 bridgehead atoms. The van der Waals surface area contributed by atoms with Gasteiger partial charge in [0.2, 0.25) is 0 Å². The second kappa shape index (κ2) is 12.7. The first-order chi connectivity index (χ1) is 14.0. The van der Waals surface area contributed by atoms with E-state index in [-0.39, 0.29) is 30.6 Å². The van der Waals surface area contributed by atoms with Crippen molar-refractivity contribution in [2.75, 3.05) is 19.0 Å². The van der Waals surface area contributed by atoms with Crippen LogP contribution in [-0.4, -0.2) is 49.4 Å². The smallest absolute Gasteiger partial charge is 0.303 e. The first kappa shape index (κ1) is 23.4. The van der Waals surface area contributed by atoms with E-state index < -0.39 is 12.4 Å². The minimum absolute atomic E-state index is 0.171. The highest BCUT2D eigenvalue weighted by Gasteiger charge is 2.41. The van der Waals surface area contributed by atoms with Crippen molar-refractivity contribution in [2.24, 2.45) is 5.92 Å². The summed E-state index contributed by atoms with van der Waals surface area (Å²) in [6.07, 6.45) is 3.93. The Bertz CT molecular complexity index is 663. The van der Waals surface area contributed by atoms with Gasteiger partial charge in [-0.3, -0.25) is 9.59 Å². The molecule has 0 N–H and O–H groups in total. The number of esters is 2. The summed E-state index contributed by atoms with van der Waals surface area (Å²) in [5, 5.41) is 0. The maximum Gasteiger partial charge on any atom is 0.303 e. The molecular formula is C22H30O6S. The fraction of sp³-hybridized carbons (Fsp3) is 0.545. The fourth-order valence-electron chi connectivity index (χ4n) is 3.21. The molecule has 0 saturated carbocycles. The van der Waals surface area contributed by atoms with Gasteiger partial charge in [0, 0.05) is 43.4 Å². The van der Waals surface area contributed by atoms with Gasteiger partial charge in [-0.1, -0.05) is 30.4 Å². The van der Waals surface area contributed by atoms with Gasteiger partial charge < -0.3 is 18.9 Å². The molecule has 2 rings (SSSR count). The van der Waals surface area contributed by atoms with Crippen LogP contribution in [-0.2, 0) is 28.5 Å². The summed E-state index contributed by atoms with van der Waals surface area (Å²) in [4.78, 5) is 24.1. The zero-order chi connectivity index (χ0) is 21.1. The number of rotatable bonds is 10. The van der Waals surface area contributed by atoms with Gasteiger partial charge in [0.05, 0.1) is 6.61 Å². The molecule has 1 fully saturated rings. The SMILES string of the molecule is CCO[C@@H]1C[C@H](COC(C)=O)[C@H](OC(C)=O)[C@@H](C/C=C/CSc2ccccc2)O1. The van der Waals surface area contributed by atoms with Gasteiger partial charge in [-0.05, 0) is 25.5 Å². The Morgan fingerprint density at radius 1 is 1.17 bits per heavy atom. The van der Waals surface area contributed by atoms with Crippen LogP contribution >= 0.6 is 11.8 Å². The molecule has 1 heterocycles. The van der Waals surface area contributed by atoms with Crippen molar-refractivity contribution in [1.82, 2.24) is 0 Å². The molecule has 0 unspecified atom stereocenters. The summed E-state index contributed by atoms with van der Waals surface area (Å²) < 4.78 is 22.5.